The largest absolute Gasteiger partial charge is 0.456 e. The molecule has 5 aliphatic carbocycles. The first kappa shape index (κ1) is 31.5. The summed E-state index contributed by atoms with van der Waals surface area (Å²) in [4.78, 5) is 2.41. The van der Waals surface area contributed by atoms with E-state index in [1.165, 1.54) is 71.0 Å². The molecule has 0 radical (unpaired) electrons. The number of hydrogen-bond acceptors (Lipinski definition) is 2. The number of rotatable bonds is 5. The average Bonchev–Trinajstić information content (AvgIpc) is 3.75. The van der Waals surface area contributed by atoms with Crippen LogP contribution in [0.1, 0.15) is 48.8 Å². The van der Waals surface area contributed by atoms with Crippen LogP contribution in [0.3, 0.4) is 0 Å². The van der Waals surface area contributed by atoms with Crippen molar-refractivity contribution in [2.45, 2.75) is 44.4 Å². The molecule has 55 heavy (non-hydrogen) atoms. The van der Waals surface area contributed by atoms with Crippen molar-refractivity contribution in [1.82, 2.24) is 0 Å². The fraction of sp³-hybridized carbons (Fsp3) is 0.208. The minimum atomic E-state index is 0.200. The molecule has 1 spiro atoms. The summed E-state index contributed by atoms with van der Waals surface area (Å²) in [7, 11) is 0. The maximum Gasteiger partial charge on any atom is 0.137 e. The van der Waals surface area contributed by atoms with Crippen LogP contribution in [0.4, 0.5) is 17.1 Å². The lowest BCUT2D eigenvalue weighted by molar-refractivity contribution is -0.0399. The van der Waals surface area contributed by atoms with Crippen molar-refractivity contribution in [3.8, 4) is 33.4 Å². The molecule has 266 valence electrons. The molecule has 2 heteroatoms. The van der Waals surface area contributed by atoms with Crippen LogP contribution in [-0.4, -0.2) is 0 Å². The molecule has 0 unspecified atom stereocenters. The van der Waals surface area contributed by atoms with Crippen LogP contribution in [0.2, 0.25) is 0 Å². The van der Waals surface area contributed by atoms with E-state index in [0.717, 1.165) is 62.7 Å². The number of para-hydroxylation sites is 1. The third-order valence-electron chi connectivity index (χ3n) is 14.2. The number of benzene rings is 7. The Morgan fingerprint density at radius 1 is 0.491 bits per heavy atom. The van der Waals surface area contributed by atoms with Gasteiger partial charge in [0.25, 0.3) is 0 Å². The molecule has 4 saturated carbocycles. The zero-order chi connectivity index (χ0) is 36.3. The Morgan fingerprint density at radius 3 is 1.95 bits per heavy atom. The number of fused-ring (bicyclic) bond motifs is 6. The first-order valence-corrected chi connectivity index (χ1v) is 20.3. The topological polar surface area (TPSA) is 16.4 Å². The third kappa shape index (κ3) is 4.55. The Labute approximate surface area is 323 Å². The lowest BCUT2D eigenvalue weighted by atomic mass is 9.43. The van der Waals surface area contributed by atoms with E-state index >= 15 is 0 Å². The summed E-state index contributed by atoms with van der Waals surface area (Å²) >= 11 is 0. The lowest BCUT2D eigenvalue weighted by Gasteiger charge is -2.61. The van der Waals surface area contributed by atoms with Gasteiger partial charge in [-0.3, -0.25) is 0 Å². The van der Waals surface area contributed by atoms with Crippen molar-refractivity contribution in [3.05, 3.63) is 174 Å². The molecule has 0 saturated heterocycles. The number of furan rings is 1. The molecule has 0 amide bonds. The van der Waals surface area contributed by atoms with E-state index in [4.69, 9.17) is 4.42 Å². The van der Waals surface area contributed by atoms with Crippen LogP contribution in [0.5, 0.6) is 0 Å². The van der Waals surface area contributed by atoms with Crippen molar-refractivity contribution in [2.24, 2.45) is 23.7 Å². The van der Waals surface area contributed by atoms with Crippen molar-refractivity contribution in [2.75, 3.05) is 4.90 Å². The van der Waals surface area contributed by atoms with E-state index in [1.54, 1.807) is 11.1 Å². The van der Waals surface area contributed by atoms with Gasteiger partial charge in [-0.05, 0) is 161 Å². The van der Waals surface area contributed by atoms with Crippen LogP contribution < -0.4 is 4.90 Å². The second-order valence-electron chi connectivity index (χ2n) is 17.0. The summed E-state index contributed by atoms with van der Waals surface area (Å²) < 4.78 is 6.40. The quantitative estimate of drug-likeness (QED) is 0.177. The SMILES string of the molecule is Cc1cc(N(c2ccc(-c3ccccc3)cc2)c2cccc3oc4ccccc4c23)ccc1-c1ccc2c(c1)-c1ccccc1C21C2CC3CC(C2)CC1C3. The van der Waals surface area contributed by atoms with Gasteiger partial charge in [-0.2, -0.15) is 0 Å². The Hall–Kier alpha value is -5.86. The molecule has 7 aromatic carbocycles. The number of anilines is 3. The molecule has 8 aromatic rings. The van der Waals surface area contributed by atoms with Crippen molar-refractivity contribution >= 4 is 39.0 Å². The Balaban J connectivity index is 0.984. The molecular formula is C53H43NO. The van der Waals surface area contributed by atoms with Gasteiger partial charge in [-0.25, -0.2) is 0 Å². The zero-order valence-corrected chi connectivity index (χ0v) is 31.2. The van der Waals surface area contributed by atoms with Gasteiger partial charge < -0.3 is 9.32 Å². The zero-order valence-electron chi connectivity index (χ0n) is 31.2. The second-order valence-corrected chi connectivity index (χ2v) is 17.0. The summed E-state index contributed by atoms with van der Waals surface area (Å²) in [6.07, 6.45) is 7.14. The van der Waals surface area contributed by atoms with Gasteiger partial charge in [0.2, 0.25) is 0 Å². The Kier molecular flexibility index (Phi) is 6.77. The molecule has 2 nitrogen and oxygen atoms in total. The van der Waals surface area contributed by atoms with Crippen LogP contribution in [-0.2, 0) is 5.41 Å². The fourth-order valence-corrected chi connectivity index (χ4v) is 12.2. The van der Waals surface area contributed by atoms with Crippen molar-refractivity contribution < 1.29 is 4.42 Å². The van der Waals surface area contributed by atoms with E-state index in [1.807, 2.05) is 6.07 Å². The molecule has 1 heterocycles. The van der Waals surface area contributed by atoms with Crippen LogP contribution in [0.25, 0.3) is 55.3 Å². The highest BCUT2D eigenvalue weighted by atomic mass is 16.3. The number of nitrogens with zero attached hydrogens (tertiary/aromatic N) is 1. The smallest absolute Gasteiger partial charge is 0.137 e. The molecule has 4 bridgehead atoms. The second kappa shape index (κ2) is 11.8. The van der Waals surface area contributed by atoms with Gasteiger partial charge in [0.1, 0.15) is 11.2 Å². The molecule has 4 fully saturated rings. The van der Waals surface area contributed by atoms with Crippen LogP contribution >= 0.6 is 0 Å². The fourth-order valence-electron chi connectivity index (χ4n) is 12.2. The van der Waals surface area contributed by atoms with E-state index in [9.17, 15) is 0 Å². The average molecular weight is 710 g/mol. The van der Waals surface area contributed by atoms with E-state index in [-0.39, 0.29) is 5.41 Å². The molecule has 0 N–H and O–H groups in total. The minimum Gasteiger partial charge on any atom is -0.456 e. The van der Waals surface area contributed by atoms with Gasteiger partial charge in [-0.1, -0.05) is 109 Å². The van der Waals surface area contributed by atoms with Crippen molar-refractivity contribution in [1.29, 1.82) is 0 Å². The third-order valence-corrected chi connectivity index (χ3v) is 14.2. The maximum atomic E-state index is 6.40. The van der Waals surface area contributed by atoms with Gasteiger partial charge in [0.05, 0.1) is 11.1 Å². The molecule has 1 aromatic heterocycles. The maximum absolute atomic E-state index is 6.40. The molecular weight excluding hydrogens is 667 g/mol. The predicted molar refractivity (Wildman–Crippen MR) is 227 cm³/mol. The minimum absolute atomic E-state index is 0.200. The normalized spacial score (nSPS) is 23.1. The predicted octanol–water partition coefficient (Wildman–Crippen LogP) is 14.4. The van der Waals surface area contributed by atoms with Gasteiger partial charge in [0.15, 0.2) is 0 Å². The number of aryl methyl sites for hydroxylation is 1. The first-order chi connectivity index (χ1) is 27.1. The highest BCUT2D eigenvalue weighted by Crippen LogP contribution is 2.69. The van der Waals surface area contributed by atoms with Gasteiger partial charge in [-0.15, -0.1) is 0 Å². The van der Waals surface area contributed by atoms with E-state index < -0.39 is 0 Å². The molecule has 5 aliphatic rings. The van der Waals surface area contributed by atoms with Crippen LogP contribution in [0.15, 0.2) is 162 Å². The van der Waals surface area contributed by atoms with Crippen molar-refractivity contribution in [3.63, 3.8) is 0 Å². The van der Waals surface area contributed by atoms with Gasteiger partial charge in [0, 0.05) is 22.2 Å². The molecule has 13 rings (SSSR count). The Bertz CT molecular complexity index is 2760. The monoisotopic (exact) mass is 709 g/mol. The first-order valence-electron chi connectivity index (χ1n) is 20.3. The summed E-state index contributed by atoms with van der Waals surface area (Å²) in [5.74, 6) is 3.46. The summed E-state index contributed by atoms with van der Waals surface area (Å²) in [5.41, 5.74) is 17.8. The molecule has 0 aliphatic heterocycles. The van der Waals surface area contributed by atoms with E-state index in [0.29, 0.717) is 0 Å². The summed E-state index contributed by atoms with van der Waals surface area (Å²) in [6.45, 7) is 2.28. The lowest BCUT2D eigenvalue weighted by Crippen LogP contribution is -2.55. The summed E-state index contributed by atoms with van der Waals surface area (Å²) in [5, 5.41) is 2.26. The summed E-state index contributed by atoms with van der Waals surface area (Å²) in [6, 6.07) is 58.5. The highest BCUT2D eigenvalue weighted by molar-refractivity contribution is 6.13. The van der Waals surface area contributed by atoms with Crippen LogP contribution in [0, 0.1) is 30.6 Å². The molecule has 0 atom stereocenters. The standard InChI is InChI=1S/C53H43NO/c1-33-26-42(54(41-21-18-37(19-22-41)36-10-3-2-4-11-36)49-15-9-17-51-52(49)45-13-6-8-16-50(45)55-51)23-24-43(33)38-20-25-48-46(32-38)44-12-5-7-14-47(44)53(48)39-28-34-27-35(30-39)31-40(53)29-34/h2-26,32,34-35,39-40H,27-31H2,1H3. The highest BCUT2D eigenvalue weighted by Gasteiger charge is 2.61. The van der Waals surface area contributed by atoms with E-state index in [2.05, 4.69) is 163 Å². The number of hydrogen-bond donors (Lipinski definition) is 0. The Morgan fingerprint density at radius 2 is 1.15 bits per heavy atom. The van der Waals surface area contributed by atoms with Gasteiger partial charge >= 0.3 is 0 Å².